The Morgan fingerprint density at radius 1 is 1.10 bits per heavy atom. The first-order valence-corrected chi connectivity index (χ1v) is 13.8. The molecule has 164 valence electrons. The van der Waals surface area contributed by atoms with Crippen LogP contribution in [0.4, 0.5) is 13.2 Å². The van der Waals surface area contributed by atoms with Gasteiger partial charge in [0.15, 0.2) is 5.78 Å². The van der Waals surface area contributed by atoms with Gasteiger partial charge < -0.3 is 0 Å². The van der Waals surface area contributed by atoms with Gasteiger partial charge in [-0.25, -0.2) is 0 Å². The van der Waals surface area contributed by atoms with Crippen LogP contribution in [0.2, 0.25) is 19.1 Å². The molecule has 3 rings (SSSR count). The zero-order valence-corrected chi connectivity index (χ0v) is 18.7. The van der Waals surface area contributed by atoms with E-state index in [2.05, 4.69) is 24.5 Å². The van der Waals surface area contributed by atoms with Crippen LogP contribution < -0.4 is 5.32 Å². The van der Waals surface area contributed by atoms with Gasteiger partial charge in [0.25, 0.3) is 0 Å². The van der Waals surface area contributed by atoms with Crippen molar-refractivity contribution in [2.75, 3.05) is 0 Å². The number of ketones is 1. The second kappa shape index (κ2) is 8.97. The van der Waals surface area contributed by atoms with Gasteiger partial charge in [0.2, 0.25) is 0 Å². The van der Waals surface area contributed by atoms with Crippen molar-refractivity contribution in [3.8, 4) is 6.07 Å². The molecule has 2 aromatic rings. The van der Waals surface area contributed by atoms with Crippen molar-refractivity contribution < 1.29 is 18.0 Å². The Kier molecular flexibility index (Phi) is 6.72. The summed E-state index contributed by atoms with van der Waals surface area (Å²) in [5.74, 6) is -0.395. The highest BCUT2D eigenvalue weighted by atomic mass is 28.3. The van der Waals surface area contributed by atoms with E-state index in [1.165, 1.54) is 12.1 Å². The number of benzene rings is 2. The van der Waals surface area contributed by atoms with Gasteiger partial charge in [0.1, 0.15) is 11.5 Å². The second-order valence-corrected chi connectivity index (χ2v) is 14.3. The third kappa shape index (κ3) is 5.84. The van der Waals surface area contributed by atoms with E-state index in [9.17, 15) is 23.2 Å². The molecule has 0 radical (unpaired) electrons. The molecule has 0 saturated heterocycles. The minimum absolute atomic E-state index is 0.0668. The van der Waals surface area contributed by atoms with Crippen molar-refractivity contribution in [3.63, 3.8) is 0 Å². The Labute approximate surface area is 182 Å². The van der Waals surface area contributed by atoms with E-state index in [4.69, 9.17) is 0 Å². The van der Waals surface area contributed by atoms with E-state index in [0.717, 1.165) is 11.6 Å². The molecule has 2 atom stereocenters. The molecule has 1 N–H and O–H groups in total. The van der Waals surface area contributed by atoms with Crippen LogP contribution >= 0.6 is 0 Å². The van der Waals surface area contributed by atoms with Crippen LogP contribution in [-0.2, 0) is 10.8 Å². The Balaban J connectivity index is 1.89. The van der Waals surface area contributed by atoms with Gasteiger partial charge >= 0.3 is 6.18 Å². The zero-order valence-electron chi connectivity index (χ0n) is 17.7. The fraction of sp³-hybridized carbons (Fsp3) is 0.417. The molecule has 1 fully saturated rings. The molecular weight excluding hydrogens is 417 g/mol. The number of rotatable bonds is 9. The van der Waals surface area contributed by atoms with Crippen LogP contribution in [0.15, 0.2) is 60.7 Å². The van der Waals surface area contributed by atoms with Gasteiger partial charge in [-0.3, -0.25) is 10.1 Å². The van der Waals surface area contributed by atoms with E-state index in [1.54, 1.807) is 18.2 Å². The molecule has 1 saturated carbocycles. The number of carbonyl (C=O) groups is 1. The summed E-state index contributed by atoms with van der Waals surface area (Å²) in [5.41, 5.74) is 0.0428. The molecule has 2 unspecified atom stereocenters. The Hall–Kier alpha value is -2.43. The van der Waals surface area contributed by atoms with Gasteiger partial charge in [-0.05, 0) is 30.5 Å². The van der Waals surface area contributed by atoms with E-state index >= 15 is 0 Å². The summed E-state index contributed by atoms with van der Waals surface area (Å²) in [6, 6.07) is 17.6. The smallest absolute Gasteiger partial charge is 0.296 e. The molecule has 0 aliphatic heterocycles. The molecule has 1 aliphatic rings. The zero-order chi connectivity index (χ0) is 22.7. The number of carbonyl (C=O) groups excluding carboxylic acids is 1. The third-order valence-electron chi connectivity index (χ3n) is 5.86. The summed E-state index contributed by atoms with van der Waals surface area (Å²) in [6.07, 6.45) is -3.72. The van der Waals surface area contributed by atoms with Crippen LogP contribution in [0.5, 0.6) is 0 Å². The van der Waals surface area contributed by atoms with E-state index in [0.29, 0.717) is 18.9 Å². The molecule has 7 heteroatoms. The lowest BCUT2D eigenvalue weighted by Gasteiger charge is -2.33. The van der Waals surface area contributed by atoms with Gasteiger partial charge in [-0.15, -0.1) is 0 Å². The summed E-state index contributed by atoms with van der Waals surface area (Å²) in [4.78, 5) is 13.3. The predicted molar refractivity (Wildman–Crippen MR) is 117 cm³/mol. The monoisotopic (exact) mass is 444 g/mol. The van der Waals surface area contributed by atoms with Crippen molar-refractivity contribution in [2.24, 2.45) is 5.41 Å². The lowest BCUT2D eigenvalue weighted by atomic mass is 9.95. The summed E-state index contributed by atoms with van der Waals surface area (Å²) in [7, 11) is -2.12. The number of halogens is 3. The van der Waals surface area contributed by atoms with Crippen LogP contribution in [-0.4, -0.2) is 26.1 Å². The predicted octanol–water partition coefficient (Wildman–Crippen LogP) is 5.61. The molecule has 0 spiro atoms. The van der Waals surface area contributed by atoms with Gasteiger partial charge in [0, 0.05) is 0 Å². The van der Waals surface area contributed by atoms with E-state index in [1.807, 2.05) is 30.3 Å². The standard InChI is InChI=1S/C24H27F3N2OSi/c1-31(2,15-18-9-5-3-6-10-18)16-20(22(30)23(17-28)13-14-23)29-21(24(25,26)27)19-11-7-4-8-12-19/h3-12,20-21,29H,13-16H2,1-2H3. The topological polar surface area (TPSA) is 52.9 Å². The summed E-state index contributed by atoms with van der Waals surface area (Å²) >= 11 is 0. The van der Waals surface area contributed by atoms with Gasteiger partial charge in [-0.2, -0.15) is 18.4 Å². The second-order valence-electron chi connectivity index (χ2n) is 9.19. The summed E-state index contributed by atoms with van der Waals surface area (Å²) in [6.45, 7) is 4.16. The summed E-state index contributed by atoms with van der Waals surface area (Å²) < 4.78 is 41.9. The highest BCUT2D eigenvalue weighted by Gasteiger charge is 2.54. The first-order valence-electron chi connectivity index (χ1n) is 10.4. The number of Topliss-reactive ketones (excluding diaryl/α,β-unsaturated/α-hetero) is 1. The van der Waals surface area contributed by atoms with Crippen LogP contribution in [0.3, 0.4) is 0 Å². The highest BCUT2D eigenvalue weighted by molar-refractivity contribution is 6.77. The fourth-order valence-corrected chi connectivity index (χ4v) is 6.99. The molecule has 2 aromatic carbocycles. The number of nitriles is 1. The Morgan fingerprint density at radius 3 is 2.13 bits per heavy atom. The molecular formula is C24H27F3N2OSi. The van der Waals surface area contributed by atoms with Gasteiger partial charge in [-0.1, -0.05) is 79.3 Å². The average molecular weight is 445 g/mol. The largest absolute Gasteiger partial charge is 0.407 e. The minimum Gasteiger partial charge on any atom is -0.296 e. The maximum absolute atomic E-state index is 14.0. The highest BCUT2D eigenvalue weighted by Crippen LogP contribution is 2.47. The first kappa shape index (κ1) is 23.2. The molecule has 0 aromatic heterocycles. The summed E-state index contributed by atoms with van der Waals surface area (Å²) in [5, 5.41) is 12.2. The third-order valence-corrected chi connectivity index (χ3v) is 8.74. The molecule has 0 bridgehead atoms. The number of nitrogens with one attached hydrogen (secondary N) is 1. The van der Waals surface area contributed by atoms with Crippen molar-refractivity contribution in [2.45, 2.75) is 56.3 Å². The molecule has 31 heavy (non-hydrogen) atoms. The van der Waals surface area contributed by atoms with E-state index in [-0.39, 0.29) is 5.56 Å². The first-order chi connectivity index (χ1) is 14.6. The Bertz CT molecular complexity index is 935. The minimum atomic E-state index is -4.56. The van der Waals surface area contributed by atoms with Crippen molar-refractivity contribution in [1.29, 1.82) is 5.26 Å². The molecule has 1 aliphatic carbocycles. The molecule has 3 nitrogen and oxygen atoms in total. The SMILES string of the molecule is C[Si](C)(Cc1ccccc1)CC(NC(c1ccccc1)C(F)(F)F)C(=O)C1(C#N)CC1. The van der Waals surface area contributed by atoms with Crippen LogP contribution in [0, 0.1) is 16.7 Å². The quantitative estimate of drug-likeness (QED) is 0.512. The lowest BCUT2D eigenvalue weighted by molar-refractivity contribution is -0.160. The Morgan fingerprint density at radius 2 is 1.65 bits per heavy atom. The van der Waals surface area contributed by atoms with Crippen molar-refractivity contribution in [3.05, 3.63) is 71.8 Å². The molecule has 0 heterocycles. The van der Waals surface area contributed by atoms with Crippen molar-refractivity contribution >= 4 is 13.9 Å². The molecule has 0 amide bonds. The fourth-order valence-electron chi connectivity index (χ4n) is 4.10. The van der Waals surface area contributed by atoms with Crippen LogP contribution in [0.1, 0.15) is 30.0 Å². The maximum Gasteiger partial charge on any atom is 0.407 e. The average Bonchev–Trinajstić information content (AvgIpc) is 3.52. The normalized spacial score (nSPS) is 17.4. The number of alkyl halides is 3. The number of hydrogen-bond acceptors (Lipinski definition) is 3. The maximum atomic E-state index is 14.0. The van der Waals surface area contributed by atoms with Gasteiger partial charge in [0.05, 0.1) is 20.2 Å². The number of hydrogen-bond donors (Lipinski definition) is 1. The number of nitrogens with zero attached hydrogens (tertiary/aromatic N) is 1. The lowest BCUT2D eigenvalue weighted by Crippen LogP contribution is -2.51. The van der Waals surface area contributed by atoms with Crippen molar-refractivity contribution in [1.82, 2.24) is 5.32 Å². The van der Waals surface area contributed by atoms with E-state index < -0.39 is 37.5 Å². The van der Waals surface area contributed by atoms with Crippen LogP contribution in [0.25, 0.3) is 0 Å².